The predicted molar refractivity (Wildman–Crippen MR) is 94.1 cm³/mol. The number of amides is 1. The molecule has 2 rings (SSSR count). The summed E-state index contributed by atoms with van der Waals surface area (Å²) in [6, 6.07) is 16.5. The number of halogens is 1. The molecule has 1 atom stereocenters. The Labute approximate surface area is 146 Å². The number of hydrogen-bond acceptors (Lipinski definition) is 2. The molecule has 2 aromatic carbocycles. The van der Waals surface area contributed by atoms with Gasteiger partial charge in [-0.15, -0.1) is 0 Å². The Kier molecular flexibility index (Phi) is 6.82. The third kappa shape index (κ3) is 6.42. The summed E-state index contributed by atoms with van der Waals surface area (Å²) in [5, 5.41) is 12.5. The molecule has 2 N–H and O–H groups in total. The number of hydrogen-bond donors (Lipinski definition) is 2. The van der Waals surface area contributed by atoms with Gasteiger partial charge in [0.2, 0.25) is 5.91 Å². The van der Waals surface area contributed by atoms with Crippen LogP contribution in [0.4, 0.5) is 0 Å². The standard InChI is InChI=1S/C19H20ClNO3/c20-16-9-6-15(7-10-16)12-18(22)21-17(13-19(23)24)11-8-14-4-2-1-3-5-14/h1-7,9-10,17H,8,11-13H2,(H,21,22)(H,23,24). The lowest BCUT2D eigenvalue weighted by Crippen LogP contribution is -2.37. The molecule has 0 saturated heterocycles. The van der Waals surface area contributed by atoms with E-state index in [9.17, 15) is 9.59 Å². The molecule has 1 amide bonds. The second-order valence-corrected chi connectivity index (χ2v) is 6.13. The van der Waals surface area contributed by atoms with Crippen molar-refractivity contribution in [3.8, 4) is 0 Å². The highest BCUT2D eigenvalue weighted by atomic mass is 35.5. The molecule has 0 aliphatic carbocycles. The fraction of sp³-hybridized carbons (Fsp3) is 0.263. The van der Waals surface area contributed by atoms with Gasteiger partial charge in [-0.3, -0.25) is 9.59 Å². The third-order valence-electron chi connectivity index (χ3n) is 3.69. The van der Waals surface area contributed by atoms with Crippen LogP contribution in [0.25, 0.3) is 0 Å². The minimum Gasteiger partial charge on any atom is -0.481 e. The van der Waals surface area contributed by atoms with Crippen molar-refractivity contribution in [2.75, 3.05) is 0 Å². The van der Waals surface area contributed by atoms with Gasteiger partial charge in [0.25, 0.3) is 0 Å². The van der Waals surface area contributed by atoms with Crippen molar-refractivity contribution in [1.29, 1.82) is 0 Å². The molecule has 0 saturated carbocycles. The molecule has 0 spiro atoms. The zero-order chi connectivity index (χ0) is 17.4. The maximum absolute atomic E-state index is 12.2. The lowest BCUT2D eigenvalue weighted by atomic mass is 10.0. The molecule has 0 bridgehead atoms. The highest BCUT2D eigenvalue weighted by molar-refractivity contribution is 6.30. The Hall–Kier alpha value is -2.33. The van der Waals surface area contributed by atoms with Gasteiger partial charge in [0, 0.05) is 11.1 Å². The van der Waals surface area contributed by atoms with Gasteiger partial charge in [0.15, 0.2) is 0 Å². The van der Waals surface area contributed by atoms with Gasteiger partial charge >= 0.3 is 5.97 Å². The second kappa shape index (κ2) is 9.08. The minimum atomic E-state index is -0.917. The summed E-state index contributed by atoms with van der Waals surface area (Å²) in [4.78, 5) is 23.2. The average molecular weight is 346 g/mol. The van der Waals surface area contributed by atoms with Crippen molar-refractivity contribution in [3.05, 3.63) is 70.7 Å². The minimum absolute atomic E-state index is 0.0841. The van der Waals surface area contributed by atoms with Crippen molar-refractivity contribution < 1.29 is 14.7 Å². The van der Waals surface area contributed by atoms with Gasteiger partial charge in [0.05, 0.1) is 12.8 Å². The molecular weight excluding hydrogens is 326 g/mol. The topological polar surface area (TPSA) is 66.4 Å². The van der Waals surface area contributed by atoms with E-state index in [-0.39, 0.29) is 24.8 Å². The molecule has 0 aliphatic heterocycles. The zero-order valence-corrected chi connectivity index (χ0v) is 14.0. The van der Waals surface area contributed by atoms with Crippen LogP contribution in [0.5, 0.6) is 0 Å². The first-order valence-electron chi connectivity index (χ1n) is 7.82. The summed E-state index contributed by atoms with van der Waals surface area (Å²) in [6.45, 7) is 0. The fourth-order valence-electron chi connectivity index (χ4n) is 2.49. The van der Waals surface area contributed by atoms with E-state index in [1.165, 1.54) is 0 Å². The van der Waals surface area contributed by atoms with Crippen LogP contribution in [-0.2, 0) is 22.4 Å². The van der Waals surface area contributed by atoms with E-state index in [1.807, 2.05) is 30.3 Å². The maximum atomic E-state index is 12.2. The summed E-state index contributed by atoms with van der Waals surface area (Å²) < 4.78 is 0. The van der Waals surface area contributed by atoms with Gasteiger partial charge in [-0.1, -0.05) is 54.1 Å². The van der Waals surface area contributed by atoms with Gasteiger partial charge < -0.3 is 10.4 Å². The van der Waals surface area contributed by atoms with Crippen LogP contribution in [0, 0.1) is 0 Å². The SMILES string of the molecule is O=C(O)CC(CCc1ccccc1)NC(=O)Cc1ccc(Cl)cc1. The molecule has 0 aliphatic rings. The summed E-state index contributed by atoms with van der Waals surface area (Å²) in [6.07, 6.45) is 1.43. The summed E-state index contributed by atoms with van der Waals surface area (Å²) >= 11 is 5.82. The van der Waals surface area contributed by atoms with Crippen LogP contribution in [0.15, 0.2) is 54.6 Å². The van der Waals surface area contributed by atoms with Crippen molar-refractivity contribution in [3.63, 3.8) is 0 Å². The lowest BCUT2D eigenvalue weighted by Gasteiger charge is -2.17. The van der Waals surface area contributed by atoms with Crippen LogP contribution < -0.4 is 5.32 Å². The molecule has 126 valence electrons. The van der Waals surface area contributed by atoms with Gasteiger partial charge in [-0.25, -0.2) is 0 Å². The molecule has 0 aromatic heterocycles. The lowest BCUT2D eigenvalue weighted by molar-refractivity contribution is -0.137. The first-order chi connectivity index (χ1) is 11.5. The molecule has 0 radical (unpaired) electrons. The van der Waals surface area contributed by atoms with E-state index in [2.05, 4.69) is 5.32 Å². The first kappa shape index (κ1) is 18.0. The monoisotopic (exact) mass is 345 g/mol. The molecule has 2 aromatic rings. The van der Waals surface area contributed by atoms with Crippen LogP contribution in [0.1, 0.15) is 24.0 Å². The zero-order valence-electron chi connectivity index (χ0n) is 13.2. The molecule has 1 unspecified atom stereocenters. The van der Waals surface area contributed by atoms with Crippen molar-refractivity contribution in [2.45, 2.75) is 31.7 Å². The van der Waals surface area contributed by atoms with Crippen LogP contribution in [0.2, 0.25) is 5.02 Å². The number of carbonyl (C=O) groups excluding carboxylic acids is 1. The third-order valence-corrected chi connectivity index (χ3v) is 3.94. The van der Waals surface area contributed by atoms with E-state index < -0.39 is 5.97 Å². The molecule has 5 heteroatoms. The fourth-order valence-corrected chi connectivity index (χ4v) is 2.61. The number of benzene rings is 2. The van der Waals surface area contributed by atoms with Crippen LogP contribution >= 0.6 is 11.6 Å². The second-order valence-electron chi connectivity index (χ2n) is 5.69. The highest BCUT2D eigenvalue weighted by Crippen LogP contribution is 2.11. The van der Waals surface area contributed by atoms with E-state index in [1.54, 1.807) is 24.3 Å². The quantitative estimate of drug-likeness (QED) is 0.769. The molecule has 0 heterocycles. The Morgan fingerprint density at radius 1 is 1.00 bits per heavy atom. The number of aliphatic carboxylic acids is 1. The van der Waals surface area contributed by atoms with Crippen molar-refractivity contribution in [2.24, 2.45) is 0 Å². The predicted octanol–water partition coefficient (Wildman–Crippen LogP) is 3.47. The molecular formula is C19H20ClNO3. The van der Waals surface area contributed by atoms with E-state index in [4.69, 9.17) is 16.7 Å². The number of carboxylic acids is 1. The van der Waals surface area contributed by atoms with Gasteiger partial charge in [-0.2, -0.15) is 0 Å². The first-order valence-corrected chi connectivity index (χ1v) is 8.20. The van der Waals surface area contributed by atoms with E-state index in [0.717, 1.165) is 17.5 Å². The molecule has 0 fully saturated rings. The number of carboxylic acid groups (broad SMARTS) is 1. The number of aryl methyl sites for hydroxylation is 1. The van der Waals surface area contributed by atoms with E-state index in [0.29, 0.717) is 11.4 Å². The molecule has 4 nitrogen and oxygen atoms in total. The van der Waals surface area contributed by atoms with Gasteiger partial charge in [0.1, 0.15) is 0 Å². The number of carbonyl (C=O) groups is 2. The smallest absolute Gasteiger partial charge is 0.305 e. The molecule has 24 heavy (non-hydrogen) atoms. The largest absolute Gasteiger partial charge is 0.481 e. The Morgan fingerprint density at radius 3 is 2.29 bits per heavy atom. The van der Waals surface area contributed by atoms with Crippen LogP contribution in [-0.4, -0.2) is 23.0 Å². The normalized spacial score (nSPS) is 11.7. The highest BCUT2D eigenvalue weighted by Gasteiger charge is 2.16. The number of nitrogens with one attached hydrogen (secondary N) is 1. The average Bonchev–Trinajstić information content (AvgIpc) is 2.55. The Bertz CT molecular complexity index is 671. The van der Waals surface area contributed by atoms with E-state index >= 15 is 0 Å². The van der Waals surface area contributed by atoms with Gasteiger partial charge in [-0.05, 0) is 36.1 Å². The summed E-state index contributed by atoms with van der Waals surface area (Å²) in [5.74, 6) is -1.10. The summed E-state index contributed by atoms with van der Waals surface area (Å²) in [7, 11) is 0. The van der Waals surface area contributed by atoms with Crippen LogP contribution in [0.3, 0.4) is 0 Å². The van der Waals surface area contributed by atoms with Crippen molar-refractivity contribution in [1.82, 2.24) is 5.32 Å². The van der Waals surface area contributed by atoms with Crippen molar-refractivity contribution >= 4 is 23.5 Å². The number of rotatable bonds is 8. The Balaban J connectivity index is 1.90. The maximum Gasteiger partial charge on any atom is 0.305 e. The Morgan fingerprint density at radius 2 is 1.67 bits per heavy atom. The summed E-state index contributed by atoms with van der Waals surface area (Å²) in [5.41, 5.74) is 1.97.